The topological polar surface area (TPSA) is 64.6 Å². The summed E-state index contributed by atoms with van der Waals surface area (Å²) in [6.07, 6.45) is -5.92. The van der Waals surface area contributed by atoms with Crippen LogP contribution in [0.3, 0.4) is 0 Å². The van der Waals surface area contributed by atoms with Crippen LogP contribution in [-0.2, 0) is 22.3 Å². The smallest absolute Gasteiger partial charge is 0.416 e. The number of methoxy groups -OCH3 is 1. The maximum absolute atomic E-state index is 13.4. The van der Waals surface area contributed by atoms with E-state index in [0.29, 0.717) is 12.1 Å². The molecule has 2 aromatic rings. The number of rotatable bonds is 4. The van der Waals surface area contributed by atoms with Crippen LogP contribution in [0.1, 0.15) is 21.5 Å². The number of amides is 1. The number of alkyl halides is 3. The predicted octanol–water partition coefficient (Wildman–Crippen LogP) is 4.52. The molecular weight excluding hydrogens is 377 g/mol. The van der Waals surface area contributed by atoms with Gasteiger partial charge in [0.2, 0.25) is 0 Å². The van der Waals surface area contributed by atoms with Crippen LogP contribution in [0.2, 0.25) is 0 Å². The molecule has 0 aliphatic rings. The Labute approximate surface area is 149 Å². The van der Waals surface area contributed by atoms with Crippen LogP contribution < -0.4 is 5.32 Å². The van der Waals surface area contributed by atoms with Gasteiger partial charge < -0.3 is 9.47 Å². The third-order valence-corrected chi connectivity index (χ3v) is 3.38. The molecule has 0 aliphatic heterocycles. The molecule has 0 atom stereocenters. The highest BCUT2D eigenvalue weighted by Gasteiger charge is 2.33. The Morgan fingerprint density at radius 3 is 2.33 bits per heavy atom. The molecule has 0 saturated carbocycles. The molecule has 0 fully saturated rings. The van der Waals surface area contributed by atoms with Crippen LogP contribution in [0.5, 0.6) is 0 Å². The summed E-state index contributed by atoms with van der Waals surface area (Å²) in [7, 11) is 0.986. The summed E-state index contributed by atoms with van der Waals surface area (Å²) >= 11 is 0. The van der Waals surface area contributed by atoms with Crippen molar-refractivity contribution in [3.63, 3.8) is 0 Å². The van der Waals surface area contributed by atoms with Crippen LogP contribution >= 0.6 is 0 Å². The molecule has 2 aromatic carbocycles. The van der Waals surface area contributed by atoms with E-state index in [0.717, 1.165) is 19.2 Å². The van der Waals surface area contributed by atoms with Crippen LogP contribution in [0, 0.1) is 11.6 Å². The van der Waals surface area contributed by atoms with Gasteiger partial charge in [0.05, 0.1) is 23.9 Å². The number of nitrogens with one attached hydrogen (secondary N) is 1. The first-order valence-corrected chi connectivity index (χ1v) is 7.29. The van der Waals surface area contributed by atoms with Gasteiger partial charge in [-0.15, -0.1) is 0 Å². The number of esters is 1. The molecule has 0 saturated heterocycles. The van der Waals surface area contributed by atoms with Crippen molar-refractivity contribution in [2.24, 2.45) is 0 Å². The zero-order valence-corrected chi connectivity index (χ0v) is 13.7. The van der Waals surface area contributed by atoms with E-state index >= 15 is 0 Å². The first kappa shape index (κ1) is 20.1. The Balaban J connectivity index is 2.16. The van der Waals surface area contributed by atoms with E-state index in [1.807, 2.05) is 5.32 Å². The van der Waals surface area contributed by atoms with Gasteiger partial charge in [-0.2, -0.15) is 13.2 Å². The molecule has 0 heterocycles. The van der Waals surface area contributed by atoms with Gasteiger partial charge in [-0.1, -0.05) is 18.2 Å². The van der Waals surface area contributed by atoms with Crippen molar-refractivity contribution in [1.82, 2.24) is 0 Å². The van der Waals surface area contributed by atoms with E-state index in [4.69, 9.17) is 0 Å². The summed E-state index contributed by atoms with van der Waals surface area (Å²) in [6, 6.07) is 5.48. The Kier molecular flexibility index (Phi) is 5.98. The van der Waals surface area contributed by atoms with E-state index in [1.165, 1.54) is 12.1 Å². The van der Waals surface area contributed by atoms with Crippen molar-refractivity contribution >= 4 is 17.7 Å². The first-order chi connectivity index (χ1) is 12.6. The summed E-state index contributed by atoms with van der Waals surface area (Å²) in [4.78, 5) is 23.4. The minimum absolute atomic E-state index is 0.307. The van der Waals surface area contributed by atoms with Crippen molar-refractivity contribution in [2.45, 2.75) is 12.8 Å². The van der Waals surface area contributed by atoms with Crippen molar-refractivity contribution in [3.8, 4) is 0 Å². The first-order valence-electron chi connectivity index (χ1n) is 7.29. The molecule has 144 valence electrons. The molecule has 10 heteroatoms. The monoisotopic (exact) mass is 389 g/mol. The molecule has 0 radical (unpaired) electrons. The van der Waals surface area contributed by atoms with Crippen LogP contribution in [0.4, 0.5) is 32.4 Å². The molecule has 0 aliphatic carbocycles. The summed E-state index contributed by atoms with van der Waals surface area (Å²) < 4.78 is 74.4. The molecular formula is C17H12F5NO4. The Morgan fingerprint density at radius 2 is 1.70 bits per heavy atom. The highest BCUT2D eigenvalue weighted by molar-refractivity contribution is 5.99. The Morgan fingerprint density at radius 1 is 1.07 bits per heavy atom. The van der Waals surface area contributed by atoms with Crippen LogP contribution in [0.25, 0.3) is 0 Å². The average Bonchev–Trinajstić information content (AvgIpc) is 2.61. The fraction of sp³-hybridized carbons (Fsp3) is 0.176. The highest BCUT2D eigenvalue weighted by atomic mass is 19.4. The van der Waals surface area contributed by atoms with Gasteiger partial charge in [0.15, 0.2) is 11.6 Å². The molecule has 1 amide bonds. The van der Waals surface area contributed by atoms with Gasteiger partial charge in [0.1, 0.15) is 6.61 Å². The maximum atomic E-state index is 13.4. The zero-order chi connectivity index (χ0) is 20.2. The van der Waals surface area contributed by atoms with E-state index < -0.39 is 53.3 Å². The lowest BCUT2D eigenvalue weighted by atomic mass is 10.1. The molecule has 27 heavy (non-hydrogen) atoms. The van der Waals surface area contributed by atoms with Crippen molar-refractivity contribution in [1.29, 1.82) is 0 Å². The number of anilines is 1. The normalized spacial score (nSPS) is 11.0. The van der Waals surface area contributed by atoms with Gasteiger partial charge in [-0.05, 0) is 12.1 Å². The maximum Gasteiger partial charge on any atom is 0.416 e. The van der Waals surface area contributed by atoms with Gasteiger partial charge in [0, 0.05) is 11.6 Å². The second-order valence-corrected chi connectivity index (χ2v) is 5.16. The van der Waals surface area contributed by atoms with Gasteiger partial charge >= 0.3 is 18.2 Å². The Hall–Kier alpha value is -3.17. The lowest BCUT2D eigenvalue weighted by Crippen LogP contribution is -2.18. The van der Waals surface area contributed by atoms with Crippen molar-refractivity contribution in [2.75, 3.05) is 12.4 Å². The van der Waals surface area contributed by atoms with Crippen molar-refractivity contribution < 1.29 is 41.0 Å². The number of hydrogen-bond acceptors (Lipinski definition) is 4. The molecule has 5 nitrogen and oxygen atoms in total. The van der Waals surface area contributed by atoms with Gasteiger partial charge in [-0.3, -0.25) is 5.32 Å². The average molecular weight is 389 g/mol. The lowest BCUT2D eigenvalue weighted by Gasteiger charge is -2.14. The number of halogens is 5. The standard InChI is InChI=1S/C17H12F5NO4/c1-26-15(24)10-6-12(18)13(19)7-14(10)23-16(25)27-8-9-4-2-3-5-11(9)17(20,21)22/h2-7H,8H2,1H3,(H,23,25). The summed E-state index contributed by atoms with van der Waals surface area (Å²) in [5.74, 6) is -3.78. The van der Waals surface area contributed by atoms with Gasteiger partial charge in [-0.25, -0.2) is 18.4 Å². The Bertz CT molecular complexity index is 867. The van der Waals surface area contributed by atoms with Crippen LogP contribution in [0.15, 0.2) is 36.4 Å². The van der Waals surface area contributed by atoms with E-state index in [9.17, 15) is 31.5 Å². The summed E-state index contributed by atoms with van der Waals surface area (Å²) in [5, 5.41) is 1.97. The SMILES string of the molecule is COC(=O)c1cc(F)c(F)cc1NC(=O)OCc1ccccc1C(F)(F)F. The van der Waals surface area contributed by atoms with Crippen LogP contribution in [-0.4, -0.2) is 19.2 Å². The van der Waals surface area contributed by atoms with Gasteiger partial charge in [0.25, 0.3) is 0 Å². The fourth-order valence-electron chi connectivity index (χ4n) is 2.14. The van der Waals surface area contributed by atoms with E-state index in [-0.39, 0.29) is 5.56 Å². The minimum atomic E-state index is -4.64. The highest BCUT2D eigenvalue weighted by Crippen LogP contribution is 2.32. The molecule has 0 unspecified atom stereocenters. The van der Waals surface area contributed by atoms with Crippen molar-refractivity contribution in [3.05, 3.63) is 64.7 Å². The number of hydrogen-bond donors (Lipinski definition) is 1. The second kappa shape index (κ2) is 8.02. The third-order valence-electron chi connectivity index (χ3n) is 3.38. The van der Waals surface area contributed by atoms with E-state index in [1.54, 1.807) is 0 Å². The number of ether oxygens (including phenoxy) is 2. The van der Waals surface area contributed by atoms with E-state index in [2.05, 4.69) is 9.47 Å². The largest absolute Gasteiger partial charge is 0.465 e. The fourth-order valence-corrected chi connectivity index (χ4v) is 2.14. The number of carbonyl (C=O) groups excluding carboxylic acids is 2. The summed E-state index contributed by atoms with van der Waals surface area (Å²) in [6.45, 7) is -0.737. The predicted molar refractivity (Wildman–Crippen MR) is 82.9 cm³/mol. The quantitative estimate of drug-likeness (QED) is 0.617. The molecule has 0 bridgehead atoms. The number of benzene rings is 2. The lowest BCUT2D eigenvalue weighted by molar-refractivity contribution is -0.138. The zero-order valence-electron chi connectivity index (χ0n) is 13.7. The summed E-state index contributed by atoms with van der Waals surface area (Å²) in [5.41, 5.74) is -2.25. The molecule has 1 N–H and O–H groups in total. The minimum Gasteiger partial charge on any atom is -0.465 e. The molecule has 0 spiro atoms. The molecule has 0 aromatic heterocycles. The second-order valence-electron chi connectivity index (χ2n) is 5.16. The number of carbonyl (C=O) groups is 2. The third kappa shape index (κ3) is 4.93. The molecule has 2 rings (SSSR count).